The van der Waals surface area contributed by atoms with Gasteiger partial charge in [-0.05, 0) is 44.2 Å². The number of rotatable bonds is 5. The number of benzene rings is 1. The average molecular weight is 389 g/mol. The van der Waals surface area contributed by atoms with E-state index in [4.69, 9.17) is 4.74 Å². The number of carbonyl (C=O) groups excluding carboxylic acids is 1. The minimum Gasteiger partial charge on any atom is -0.373 e. The highest BCUT2D eigenvalue weighted by atomic mass is 32.2. The lowest BCUT2D eigenvalue weighted by atomic mass is 10.2. The minimum atomic E-state index is -3.69. The molecule has 1 saturated heterocycles. The second-order valence-corrected chi connectivity index (χ2v) is 8.55. The molecule has 2 atom stereocenters. The second-order valence-electron chi connectivity index (χ2n) is 6.61. The maximum atomic E-state index is 13.0. The summed E-state index contributed by atoms with van der Waals surface area (Å²) in [4.78, 5) is 16.7. The standard InChI is InChI=1S/C19H23N3O4S/c1-14-12-22(13-15(2)26-14)27(24,25)18-8-5-6-16(10-18)19(23)21-11-17-7-3-4-9-20-17/h3-10,14-15H,11-13H2,1-2H3,(H,21,23)/t14-,15-/m0/s1. The lowest BCUT2D eigenvalue weighted by molar-refractivity contribution is -0.0440. The van der Waals surface area contributed by atoms with Crippen LogP contribution < -0.4 is 5.32 Å². The highest BCUT2D eigenvalue weighted by Crippen LogP contribution is 2.22. The summed E-state index contributed by atoms with van der Waals surface area (Å²) in [5.74, 6) is -0.346. The Kier molecular flexibility index (Phi) is 5.88. The van der Waals surface area contributed by atoms with E-state index in [1.54, 1.807) is 24.4 Å². The molecule has 0 unspecified atom stereocenters. The van der Waals surface area contributed by atoms with E-state index in [1.807, 2.05) is 26.0 Å². The zero-order valence-electron chi connectivity index (χ0n) is 15.3. The molecule has 1 fully saturated rings. The number of aromatic nitrogens is 1. The molecule has 1 amide bonds. The molecule has 1 aromatic carbocycles. The number of ether oxygens (including phenoxy) is 1. The fraction of sp³-hybridized carbons (Fsp3) is 0.368. The normalized spacial score (nSPS) is 21.0. The molecule has 144 valence electrons. The fourth-order valence-corrected chi connectivity index (χ4v) is 4.69. The third-order valence-corrected chi connectivity index (χ3v) is 6.10. The zero-order valence-corrected chi connectivity index (χ0v) is 16.1. The van der Waals surface area contributed by atoms with Crippen LogP contribution >= 0.6 is 0 Å². The van der Waals surface area contributed by atoms with Gasteiger partial charge in [-0.2, -0.15) is 4.31 Å². The Hall–Kier alpha value is -2.29. The van der Waals surface area contributed by atoms with Crippen molar-refractivity contribution < 1.29 is 17.9 Å². The quantitative estimate of drug-likeness (QED) is 0.843. The van der Waals surface area contributed by atoms with E-state index in [2.05, 4.69) is 10.3 Å². The van der Waals surface area contributed by atoms with Gasteiger partial charge >= 0.3 is 0 Å². The topological polar surface area (TPSA) is 88.6 Å². The summed E-state index contributed by atoms with van der Waals surface area (Å²) in [7, 11) is -3.69. The van der Waals surface area contributed by atoms with Crippen LogP contribution in [0, 0.1) is 0 Å². The van der Waals surface area contributed by atoms with Crippen LogP contribution in [0.3, 0.4) is 0 Å². The van der Waals surface area contributed by atoms with E-state index in [0.29, 0.717) is 18.7 Å². The molecule has 2 aromatic rings. The highest BCUT2D eigenvalue weighted by Gasteiger charge is 2.32. The Morgan fingerprint density at radius 3 is 2.59 bits per heavy atom. The number of hydrogen-bond donors (Lipinski definition) is 1. The Morgan fingerprint density at radius 1 is 1.19 bits per heavy atom. The molecule has 1 aliphatic rings. The molecule has 3 rings (SSSR count). The van der Waals surface area contributed by atoms with Crippen molar-refractivity contribution in [3.8, 4) is 0 Å². The number of carbonyl (C=O) groups is 1. The monoisotopic (exact) mass is 389 g/mol. The summed E-state index contributed by atoms with van der Waals surface area (Å²) < 4.78 is 32.9. The minimum absolute atomic E-state index is 0.106. The van der Waals surface area contributed by atoms with E-state index in [0.717, 1.165) is 5.69 Å². The maximum absolute atomic E-state index is 13.0. The third-order valence-electron chi connectivity index (χ3n) is 4.28. The van der Waals surface area contributed by atoms with Gasteiger partial charge < -0.3 is 10.1 Å². The van der Waals surface area contributed by atoms with Crippen molar-refractivity contribution in [2.75, 3.05) is 13.1 Å². The molecule has 0 bridgehead atoms. The first-order valence-corrected chi connectivity index (χ1v) is 10.2. The van der Waals surface area contributed by atoms with Gasteiger partial charge in [0.15, 0.2) is 0 Å². The van der Waals surface area contributed by atoms with Gasteiger partial charge in [-0.15, -0.1) is 0 Å². The molecule has 27 heavy (non-hydrogen) atoms. The molecule has 1 aromatic heterocycles. The predicted molar refractivity (Wildman–Crippen MR) is 101 cm³/mol. The van der Waals surface area contributed by atoms with Gasteiger partial charge in [0.25, 0.3) is 5.91 Å². The van der Waals surface area contributed by atoms with E-state index in [9.17, 15) is 13.2 Å². The maximum Gasteiger partial charge on any atom is 0.251 e. The van der Waals surface area contributed by atoms with E-state index >= 15 is 0 Å². The lowest BCUT2D eigenvalue weighted by Gasteiger charge is -2.34. The van der Waals surface area contributed by atoms with Gasteiger partial charge in [-0.3, -0.25) is 9.78 Å². The van der Waals surface area contributed by atoms with Gasteiger partial charge in [-0.25, -0.2) is 8.42 Å². The molecule has 7 nitrogen and oxygen atoms in total. The fourth-order valence-electron chi connectivity index (χ4n) is 3.05. The third kappa shape index (κ3) is 4.71. The van der Waals surface area contributed by atoms with Crippen LogP contribution in [0.15, 0.2) is 53.6 Å². The van der Waals surface area contributed by atoms with Crippen LogP contribution in [0.2, 0.25) is 0 Å². The van der Waals surface area contributed by atoms with Gasteiger partial charge in [0.05, 0.1) is 29.3 Å². The number of sulfonamides is 1. The largest absolute Gasteiger partial charge is 0.373 e. The van der Waals surface area contributed by atoms with Crippen molar-refractivity contribution in [1.29, 1.82) is 0 Å². The molecular formula is C19H23N3O4S. The van der Waals surface area contributed by atoms with Crippen LogP contribution in [0.1, 0.15) is 29.9 Å². The molecule has 8 heteroatoms. The molecule has 0 spiro atoms. The van der Waals surface area contributed by atoms with Crippen molar-refractivity contribution in [2.24, 2.45) is 0 Å². The molecule has 0 radical (unpaired) electrons. The number of amides is 1. The van der Waals surface area contributed by atoms with Crippen molar-refractivity contribution >= 4 is 15.9 Å². The first kappa shape index (κ1) is 19.5. The van der Waals surface area contributed by atoms with Crippen LogP contribution in [0.4, 0.5) is 0 Å². The van der Waals surface area contributed by atoms with Crippen LogP contribution in [-0.4, -0.2) is 48.9 Å². The van der Waals surface area contributed by atoms with Gasteiger partial charge in [0.2, 0.25) is 10.0 Å². The Morgan fingerprint density at radius 2 is 1.93 bits per heavy atom. The van der Waals surface area contributed by atoms with Crippen LogP contribution in [-0.2, 0) is 21.3 Å². The van der Waals surface area contributed by atoms with E-state index in [1.165, 1.54) is 16.4 Å². The summed E-state index contributed by atoms with van der Waals surface area (Å²) in [6.07, 6.45) is 1.31. The molecule has 0 aliphatic carbocycles. The summed E-state index contributed by atoms with van der Waals surface area (Å²) in [6.45, 7) is 4.56. The van der Waals surface area contributed by atoms with Crippen molar-refractivity contribution in [3.63, 3.8) is 0 Å². The Balaban J connectivity index is 1.75. The second kappa shape index (κ2) is 8.16. The highest BCUT2D eigenvalue weighted by molar-refractivity contribution is 7.89. The smallest absolute Gasteiger partial charge is 0.251 e. The first-order valence-electron chi connectivity index (χ1n) is 8.80. The molecular weight excluding hydrogens is 366 g/mol. The number of pyridine rings is 1. The molecule has 1 N–H and O–H groups in total. The number of hydrogen-bond acceptors (Lipinski definition) is 5. The zero-order chi connectivity index (χ0) is 19.4. The number of nitrogens with zero attached hydrogens (tertiary/aromatic N) is 2. The number of morpholine rings is 1. The summed E-state index contributed by atoms with van der Waals surface area (Å²) in [5.41, 5.74) is 1.02. The lowest BCUT2D eigenvalue weighted by Crippen LogP contribution is -2.48. The Bertz CT molecular complexity index is 892. The molecule has 2 heterocycles. The van der Waals surface area contributed by atoms with Crippen molar-refractivity contribution in [3.05, 3.63) is 59.9 Å². The molecule has 1 aliphatic heterocycles. The van der Waals surface area contributed by atoms with Crippen molar-refractivity contribution in [1.82, 2.24) is 14.6 Å². The van der Waals surface area contributed by atoms with E-state index < -0.39 is 10.0 Å². The van der Waals surface area contributed by atoms with Crippen LogP contribution in [0.5, 0.6) is 0 Å². The van der Waals surface area contributed by atoms with Gasteiger partial charge in [-0.1, -0.05) is 12.1 Å². The summed E-state index contributed by atoms with van der Waals surface area (Å²) in [5, 5.41) is 2.76. The number of nitrogens with one attached hydrogen (secondary N) is 1. The van der Waals surface area contributed by atoms with Crippen LogP contribution in [0.25, 0.3) is 0 Å². The predicted octanol–water partition coefficient (Wildman–Crippen LogP) is 1.81. The summed E-state index contributed by atoms with van der Waals surface area (Å²) in [6, 6.07) is 11.5. The summed E-state index contributed by atoms with van der Waals surface area (Å²) >= 11 is 0. The van der Waals surface area contributed by atoms with Gasteiger partial charge in [0, 0.05) is 24.8 Å². The SMILES string of the molecule is C[C@H]1CN(S(=O)(=O)c2cccc(C(=O)NCc3ccccn3)c2)C[C@H](C)O1. The molecule has 0 saturated carbocycles. The van der Waals surface area contributed by atoms with E-state index in [-0.39, 0.29) is 29.6 Å². The Labute approximate surface area is 159 Å². The van der Waals surface area contributed by atoms with Gasteiger partial charge in [0.1, 0.15) is 0 Å². The first-order chi connectivity index (χ1) is 12.9. The average Bonchev–Trinajstić information content (AvgIpc) is 2.66. The van der Waals surface area contributed by atoms with Crippen molar-refractivity contribution in [2.45, 2.75) is 37.5 Å².